The Kier molecular flexibility index (Phi) is 6.12. The smallest absolute Gasteiger partial charge is 0.251 e. The number of H-pyrrole nitrogens is 1. The Labute approximate surface area is 164 Å². The largest absolute Gasteiger partial charge is 0.494 e. The summed E-state index contributed by atoms with van der Waals surface area (Å²) in [5, 5.41) is 3.46. The molecule has 9 heteroatoms. The van der Waals surface area contributed by atoms with Crippen LogP contribution in [0.25, 0.3) is 10.2 Å². The molecule has 3 rings (SSSR count). The lowest BCUT2D eigenvalue weighted by atomic mass is 10.3. The number of thioether (sulfide) groups is 1. The number of fused-ring (bicyclic) bond motifs is 1. The molecule has 0 unspecified atom stereocenters. The van der Waals surface area contributed by atoms with Crippen LogP contribution >= 0.6 is 23.1 Å². The van der Waals surface area contributed by atoms with Gasteiger partial charge in [0.2, 0.25) is 5.91 Å². The molecule has 0 saturated heterocycles. The van der Waals surface area contributed by atoms with Crippen LogP contribution in [0.3, 0.4) is 0 Å². The molecule has 1 amide bonds. The Morgan fingerprint density at radius 2 is 2.15 bits per heavy atom. The zero-order valence-corrected chi connectivity index (χ0v) is 16.9. The number of rotatable bonds is 7. The second-order valence-corrected chi connectivity index (χ2v) is 8.00. The van der Waals surface area contributed by atoms with Crippen molar-refractivity contribution in [3.63, 3.8) is 0 Å². The van der Waals surface area contributed by atoms with Gasteiger partial charge in [-0.15, -0.1) is 0 Å². The molecular formula is C18H20N4O3S2. The predicted octanol–water partition coefficient (Wildman–Crippen LogP) is 3.60. The number of aromatic amines is 1. The predicted molar refractivity (Wildman–Crippen MR) is 109 cm³/mol. The molecule has 0 saturated carbocycles. The molecule has 7 nitrogen and oxygen atoms in total. The third-order valence-corrected chi connectivity index (χ3v) is 5.85. The molecule has 1 atom stereocenters. The summed E-state index contributed by atoms with van der Waals surface area (Å²) in [4.78, 5) is 35.6. The summed E-state index contributed by atoms with van der Waals surface area (Å²) >= 11 is 2.64. The van der Waals surface area contributed by atoms with Gasteiger partial charge in [-0.1, -0.05) is 30.0 Å². The molecule has 2 heterocycles. The third-order valence-electron chi connectivity index (χ3n) is 3.67. The molecule has 0 aliphatic heterocycles. The van der Waals surface area contributed by atoms with Crippen LogP contribution in [0.15, 0.2) is 34.2 Å². The van der Waals surface area contributed by atoms with Gasteiger partial charge in [-0.25, -0.2) is 9.97 Å². The second kappa shape index (κ2) is 8.53. The topological polar surface area (TPSA) is 97.0 Å². The standard InChI is InChI=1S/C18H20N4O3S2/c1-4-13(26-17-19-10(3)8-15(23)21-17)16(24)22-18-20-12-7-6-11(25-5-2)9-14(12)27-18/h6-9,13H,4-5H2,1-3H3,(H,19,21,23)(H,20,22,24)/t13-/m1/s1. The summed E-state index contributed by atoms with van der Waals surface area (Å²) < 4.78 is 6.44. The number of hydrogen-bond acceptors (Lipinski definition) is 7. The van der Waals surface area contributed by atoms with E-state index < -0.39 is 0 Å². The van der Waals surface area contributed by atoms with Crippen LogP contribution in [-0.2, 0) is 4.79 Å². The van der Waals surface area contributed by atoms with Crippen LogP contribution in [0.4, 0.5) is 5.13 Å². The minimum atomic E-state index is -0.388. The monoisotopic (exact) mass is 404 g/mol. The van der Waals surface area contributed by atoms with Gasteiger partial charge in [0.25, 0.3) is 5.56 Å². The molecule has 0 bridgehead atoms. The molecule has 2 aromatic heterocycles. The van der Waals surface area contributed by atoms with E-state index in [1.54, 1.807) is 6.92 Å². The van der Waals surface area contributed by atoms with Gasteiger partial charge >= 0.3 is 0 Å². The van der Waals surface area contributed by atoms with Gasteiger partial charge in [-0.3, -0.25) is 9.59 Å². The molecule has 27 heavy (non-hydrogen) atoms. The molecule has 1 aromatic carbocycles. The Morgan fingerprint density at radius 1 is 1.33 bits per heavy atom. The van der Waals surface area contributed by atoms with E-state index in [2.05, 4.69) is 20.3 Å². The number of nitrogens with one attached hydrogen (secondary N) is 2. The highest BCUT2D eigenvalue weighted by molar-refractivity contribution is 8.00. The van der Waals surface area contributed by atoms with E-state index >= 15 is 0 Å². The van der Waals surface area contributed by atoms with Crippen LogP contribution in [0, 0.1) is 6.92 Å². The molecule has 0 aliphatic carbocycles. The molecule has 3 aromatic rings. The van der Waals surface area contributed by atoms with Gasteiger partial charge in [-0.2, -0.15) is 0 Å². The number of thiazole rings is 1. The minimum Gasteiger partial charge on any atom is -0.494 e. The summed E-state index contributed by atoms with van der Waals surface area (Å²) in [6.45, 7) is 6.19. The molecule has 0 aliphatic rings. The van der Waals surface area contributed by atoms with Crippen LogP contribution < -0.4 is 15.6 Å². The number of carbonyl (C=O) groups excluding carboxylic acids is 1. The first-order chi connectivity index (χ1) is 13.0. The van der Waals surface area contributed by atoms with E-state index in [-0.39, 0.29) is 16.7 Å². The van der Waals surface area contributed by atoms with Crippen molar-refractivity contribution in [2.75, 3.05) is 11.9 Å². The number of hydrogen-bond donors (Lipinski definition) is 2. The Balaban J connectivity index is 1.74. The van der Waals surface area contributed by atoms with Crippen molar-refractivity contribution >= 4 is 44.4 Å². The van der Waals surface area contributed by atoms with Crippen LogP contribution in [0.2, 0.25) is 0 Å². The van der Waals surface area contributed by atoms with Crippen molar-refractivity contribution in [2.24, 2.45) is 0 Å². The first-order valence-electron chi connectivity index (χ1n) is 8.57. The summed E-state index contributed by atoms with van der Waals surface area (Å²) in [5.41, 5.74) is 1.20. The van der Waals surface area contributed by atoms with Gasteiger partial charge < -0.3 is 15.0 Å². The number of ether oxygens (including phenoxy) is 1. The fourth-order valence-corrected chi connectivity index (χ4v) is 4.32. The number of carbonyl (C=O) groups is 1. The van der Waals surface area contributed by atoms with E-state index in [0.717, 1.165) is 16.0 Å². The maximum Gasteiger partial charge on any atom is 0.251 e. The normalized spacial score (nSPS) is 12.1. The lowest BCUT2D eigenvalue weighted by Gasteiger charge is -2.12. The number of aromatic nitrogens is 3. The minimum absolute atomic E-state index is 0.171. The number of amides is 1. The van der Waals surface area contributed by atoms with E-state index in [1.165, 1.54) is 29.2 Å². The van der Waals surface area contributed by atoms with Crippen molar-refractivity contribution in [1.82, 2.24) is 15.0 Å². The summed E-state index contributed by atoms with van der Waals surface area (Å²) in [6, 6.07) is 7.07. The lowest BCUT2D eigenvalue weighted by molar-refractivity contribution is -0.115. The highest BCUT2D eigenvalue weighted by Gasteiger charge is 2.21. The number of nitrogens with zero attached hydrogens (tertiary/aromatic N) is 2. The van der Waals surface area contributed by atoms with Gasteiger partial charge in [-0.05, 0) is 38.5 Å². The van der Waals surface area contributed by atoms with Crippen molar-refractivity contribution in [1.29, 1.82) is 0 Å². The van der Waals surface area contributed by atoms with E-state index in [1.807, 2.05) is 32.0 Å². The Hall–Kier alpha value is -2.39. The highest BCUT2D eigenvalue weighted by atomic mass is 32.2. The first-order valence-corrected chi connectivity index (χ1v) is 10.3. The number of aryl methyl sites for hydroxylation is 1. The zero-order chi connectivity index (χ0) is 19.4. The van der Waals surface area contributed by atoms with E-state index in [9.17, 15) is 9.59 Å². The Morgan fingerprint density at radius 3 is 2.85 bits per heavy atom. The number of anilines is 1. The fourth-order valence-electron chi connectivity index (χ4n) is 2.47. The van der Waals surface area contributed by atoms with Gasteiger partial charge in [0.1, 0.15) is 5.75 Å². The van der Waals surface area contributed by atoms with Crippen molar-refractivity contribution in [2.45, 2.75) is 37.6 Å². The molecule has 142 valence electrons. The van der Waals surface area contributed by atoms with Gasteiger partial charge in [0, 0.05) is 11.8 Å². The van der Waals surface area contributed by atoms with Crippen molar-refractivity contribution in [3.05, 3.63) is 40.3 Å². The zero-order valence-electron chi connectivity index (χ0n) is 15.2. The third kappa shape index (κ3) is 4.86. The van der Waals surface area contributed by atoms with Crippen LogP contribution in [0.5, 0.6) is 5.75 Å². The quantitative estimate of drug-likeness (QED) is 0.461. The number of benzene rings is 1. The van der Waals surface area contributed by atoms with Crippen molar-refractivity contribution in [3.8, 4) is 5.75 Å². The molecule has 2 N–H and O–H groups in total. The SMILES string of the molecule is CCOc1ccc2nc(NC(=O)[C@@H](CC)Sc3nc(C)cc(=O)[nH]3)sc2c1. The van der Waals surface area contributed by atoms with Crippen molar-refractivity contribution < 1.29 is 9.53 Å². The summed E-state index contributed by atoms with van der Waals surface area (Å²) in [7, 11) is 0. The summed E-state index contributed by atoms with van der Waals surface area (Å²) in [6.07, 6.45) is 0.591. The summed E-state index contributed by atoms with van der Waals surface area (Å²) in [5.74, 6) is 0.610. The lowest BCUT2D eigenvalue weighted by Crippen LogP contribution is -2.25. The maximum absolute atomic E-state index is 12.7. The molecule has 0 spiro atoms. The maximum atomic E-state index is 12.7. The molecular weight excluding hydrogens is 384 g/mol. The first kappa shape index (κ1) is 19.4. The van der Waals surface area contributed by atoms with Crippen LogP contribution in [-0.4, -0.2) is 32.7 Å². The van der Waals surface area contributed by atoms with E-state index in [4.69, 9.17) is 4.74 Å². The molecule has 0 radical (unpaired) electrons. The molecule has 0 fully saturated rings. The van der Waals surface area contributed by atoms with Gasteiger partial charge in [0.05, 0.1) is 22.1 Å². The Bertz CT molecular complexity index is 1020. The second-order valence-electron chi connectivity index (χ2n) is 5.78. The van der Waals surface area contributed by atoms with Crippen LogP contribution in [0.1, 0.15) is 26.0 Å². The average Bonchev–Trinajstić information content (AvgIpc) is 3.00. The van der Waals surface area contributed by atoms with E-state index in [0.29, 0.717) is 29.0 Å². The fraction of sp³-hybridized carbons (Fsp3) is 0.333. The highest BCUT2D eigenvalue weighted by Crippen LogP contribution is 2.30. The average molecular weight is 405 g/mol. The van der Waals surface area contributed by atoms with Gasteiger partial charge in [0.15, 0.2) is 10.3 Å².